The van der Waals surface area contributed by atoms with E-state index in [1.54, 1.807) is 0 Å². The lowest BCUT2D eigenvalue weighted by atomic mass is 9.65. The van der Waals surface area contributed by atoms with Gasteiger partial charge in [-0.15, -0.1) is 0 Å². The van der Waals surface area contributed by atoms with Gasteiger partial charge in [-0.2, -0.15) is 0 Å². The zero-order valence-corrected chi connectivity index (χ0v) is 15.3. The summed E-state index contributed by atoms with van der Waals surface area (Å²) in [6.07, 6.45) is 6.01. The maximum absolute atomic E-state index is 5.92. The van der Waals surface area contributed by atoms with Gasteiger partial charge in [0.05, 0.1) is 13.2 Å². The first-order valence-electron chi connectivity index (χ1n) is 8.64. The molecule has 4 nitrogen and oxygen atoms in total. The van der Waals surface area contributed by atoms with Crippen LogP contribution < -0.4 is 0 Å². The van der Waals surface area contributed by atoms with Gasteiger partial charge >= 0.3 is 0 Å². The summed E-state index contributed by atoms with van der Waals surface area (Å²) >= 11 is 3.36. The summed E-state index contributed by atoms with van der Waals surface area (Å²) in [5.41, 5.74) is 1.57. The highest BCUT2D eigenvalue weighted by Gasteiger charge is 2.46. The minimum absolute atomic E-state index is 0.154. The number of benzene rings is 1. The molecule has 1 aromatic carbocycles. The van der Waals surface area contributed by atoms with Gasteiger partial charge in [0.15, 0.2) is 5.79 Å². The molecule has 2 heterocycles. The van der Waals surface area contributed by atoms with E-state index >= 15 is 0 Å². The Morgan fingerprint density at radius 2 is 1.71 bits per heavy atom. The van der Waals surface area contributed by atoms with Crippen LogP contribution in [-0.4, -0.2) is 24.2 Å². The molecule has 4 rings (SSSR count). The Kier molecular flexibility index (Phi) is 4.50. The standard InChI is InChI=1S/C19H22BrNO3/c20-17-14-16(24-21-17)6-7-18(15-4-2-1-3-5-15)8-10-19(11-9-18)22-12-13-23-19/h1-5,14H,6-13H2. The summed E-state index contributed by atoms with van der Waals surface area (Å²) < 4.78 is 18.0. The van der Waals surface area contributed by atoms with Gasteiger partial charge < -0.3 is 14.0 Å². The van der Waals surface area contributed by atoms with Gasteiger partial charge in [0.2, 0.25) is 0 Å². The predicted octanol–water partition coefficient (Wildman–Crippen LogP) is 4.62. The molecule has 1 spiro atoms. The van der Waals surface area contributed by atoms with E-state index in [1.165, 1.54) is 5.56 Å². The molecule has 1 saturated heterocycles. The SMILES string of the molecule is Brc1cc(CCC2(c3ccccc3)CCC3(CC2)OCCO3)on1. The van der Waals surface area contributed by atoms with E-state index in [0.717, 1.165) is 62.1 Å². The van der Waals surface area contributed by atoms with Crippen LogP contribution in [0.15, 0.2) is 45.5 Å². The molecular weight excluding hydrogens is 370 g/mol. The minimum atomic E-state index is -0.326. The van der Waals surface area contributed by atoms with E-state index in [9.17, 15) is 0 Å². The van der Waals surface area contributed by atoms with Gasteiger partial charge in [0.25, 0.3) is 0 Å². The molecule has 1 aromatic heterocycles. The van der Waals surface area contributed by atoms with Crippen LogP contribution in [-0.2, 0) is 21.3 Å². The fourth-order valence-corrected chi connectivity index (χ4v) is 4.47. The molecule has 0 atom stereocenters. The fourth-order valence-electron chi connectivity index (χ4n) is 4.14. The molecule has 1 saturated carbocycles. The third kappa shape index (κ3) is 3.17. The Morgan fingerprint density at radius 1 is 1.00 bits per heavy atom. The van der Waals surface area contributed by atoms with E-state index in [4.69, 9.17) is 14.0 Å². The van der Waals surface area contributed by atoms with Crippen molar-refractivity contribution in [3.63, 3.8) is 0 Å². The van der Waals surface area contributed by atoms with E-state index in [2.05, 4.69) is 51.4 Å². The van der Waals surface area contributed by atoms with Crippen LogP contribution in [0, 0.1) is 0 Å². The van der Waals surface area contributed by atoms with Crippen LogP contribution in [0.5, 0.6) is 0 Å². The zero-order valence-electron chi connectivity index (χ0n) is 13.7. The van der Waals surface area contributed by atoms with E-state index in [-0.39, 0.29) is 11.2 Å². The summed E-state index contributed by atoms with van der Waals surface area (Å²) in [6, 6.07) is 12.8. The summed E-state index contributed by atoms with van der Waals surface area (Å²) in [6.45, 7) is 1.45. The van der Waals surface area contributed by atoms with Crippen molar-refractivity contribution in [3.05, 3.63) is 52.3 Å². The summed E-state index contributed by atoms with van der Waals surface area (Å²) in [7, 11) is 0. The number of aromatic nitrogens is 1. The third-order valence-electron chi connectivity index (χ3n) is 5.55. The van der Waals surface area contributed by atoms with Gasteiger partial charge in [-0.25, -0.2) is 0 Å². The molecule has 0 radical (unpaired) electrons. The van der Waals surface area contributed by atoms with Gasteiger partial charge in [-0.3, -0.25) is 0 Å². The predicted molar refractivity (Wildman–Crippen MR) is 93.7 cm³/mol. The molecule has 128 valence electrons. The van der Waals surface area contributed by atoms with Crippen LogP contribution in [0.2, 0.25) is 0 Å². The van der Waals surface area contributed by atoms with Crippen molar-refractivity contribution < 1.29 is 14.0 Å². The summed E-state index contributed by atoms with van der Waals surface area (Å²) in [4.78, 5) is 0. The lowest BCUT2D eigenvalue weighted by Gasteiger charge is -2.44. The number of hydrogen-bond acceptors (Lipinski definition) is 4. The topological polar surface area (TPSA) is 44.5 Å². The lowest BCUT2D eigenvalue weighted by molar-refractivity contribution is -0.185. The number of halogens is 1. The smallest absolute Gasteiger partial charge is 0.168 e. The maximum atomic E-state index is 5.92. The Hall–Kier alpha value is -1.17. The molecule has 24 heavy (non-hydrogen) atoms. The maximum Gasteiger partial charge on any atom is 0.168 e. The number of nitrogens with zero attached hydrogens (tertiary/aromatic N) is 1. The molecule has 0 N–H and O–H groups in total. The zero-order chi connectivity index (χ0) is 16.5. The fraction of sp³-hybridized carbons (Fsp3) is 0.526. The van der Waals surface area contributed by atoms with Crippen molar-refractivity contribution in [2.75, 3.05) is 13.2 Å². The quantitative estimate of drug-likeness (QED) is 0.762. The second kappa shape index (κ2) is 6.62. The van der Waals surface area contributed by atoms with E-state index in [1.807, 2.05) is 6.07 Å². The second-order valence-corrected chi connectivity index (χ2v) is 7.68. The molecule has 2 aliphatic rings. The highest BCUT2D eigenvalue weighted by atomic mass is 79.9. The molecule has 2 aromatic rings. The third-order valence-corrected chi connectivity index (χ3v) is 5.92. The molecule has 2 fully saturated rings. The number of ether oxygens (including phenoxy) is 2. The second-order valence-electron chi connectivity index (χ2n) is 6.87. The van der Waals surface area contributed by atoms with Crippen molar-refractivity contribution in [2.24, 2.45) is 0 Å². The Morgan fingerprint density at radius 3 is 2.33 bits per heavy atom. The van der Waals surface area contributed by atoms with Crippen LogP contribution >= 0.6 is 15.9 Å². The largest absolute Gasteiger partial charge is 0.360 e. The molecule has 0 unspecified atom stereocenters. The van der Waals surface area contributed by atoms with Crippen LogP contribution in [0.4, 0.5) is 0 Å². The Balaban J connectivity index is 1.54. The first-order chi connectivity index (χ1) is 11.7. The van der Waals surface area contributed by atoms with Crippen molar-refractivity contribution in [1.82, 2.24) is 5.16 Å². The van der Waals surface area contributed by atoms with Gasteiger partial charge in [0.1, 0.15) is 10.4 Å². The van der Waals surface area contributed by atoms with Crippen LogP contribution in [0.3, 0.4) is 0 Å². The Labute approximate surface area is 150 Å². The number of rotatable bonds is 4. The van der Waals surface area contributed by atoms with Crippen molar-refractivity contribution in [1.29, 1.82) is 0 Å². The highest BCUT2D eigenvalue weighted by molar-refractivity contribution is 9.10. The van der Waals surface area contributed by atoms with E-state index < -0.39 is 0 Å². The number of hydrogen-bond donors (Lipinski definition) is 0. The molecule has 0 amide bonds. The van der Waals surface area contributed by atoms with Crippen molar-refractivity contribution in [2.45, 2.75) is 49.7 Å². The summed E-state index contributed by atoms with van der Waals surface area (Å²) in [5.74, 6) is 0.610. The molecule has 1 aliphatic carbocycles. The number of aryl methyl sites for hydroxylation is 1. The monoisotopic (exact) mass is 391 g/mol. The van der Waals surface area contributed by atoms with Crippen LogP contribution in [0.25, 0.3) is 0 Å². The lowest BCUT2D eigenvalue weighted by Crippen LogP contribution is -2.42. The molecule has 0 bridgehead atoms. The van der Waals surface area contributed by atoms with Gasteiger partial charge in [0, 0.05) is 25.3 Å². The van der Waals surface area contributed by atoms with E-state index in [0.29, 0.717) is 0 Å². The average molecular weight is 392 g/mol. The minimum Gasteiger partial charge on any atom is -0.360 e. The highest BCUT2D eigenvalue weighted by Crippen LogP contribution is 2.48. The summed E-state index contributed by atoms with van der Waals surface area (Å²) in [5, 5.41) is 3.94. The normalized spacial score (nSPS) is 22.0. The van der Waals surface area contributed by atoms with Crippen LogP contribution in [0.1, 0.15) is 43.4 Å². The molecule has 5 heteroatoms. The Bertz CT molecular complexity index is 669. The average Bonchev–Trinajstić information content (AvgIpc) is 3.25. The van der Waals surface area contributed by atoms with Crippen molar-refractivity contribution in [3.8, 4) is 0 Å². The first-order valence-corrected chi connectivity index (χ1v) is 9.44. The van der Waals surface area contributed by atoms with Gasteiger partial charge in [-0.1, -0.05) is 35.5 Å². The van der Waals surface area contributed by atoms with Crippen molar-refractivity contribution >= 4 is 15.9 Å². The first kappa shape index (κ1) is 16.3. The molecular formula is C19H22BrNO3. The molecule has 1 aliphatic heterocycles. The van der Waals surface area contributed by atoms with Gasteiger partial charge in [-0.05, 0) is 46.2 Å².